The minimum atomic E-state index is -0.482. The van der Waals surface area contributed by atoms with Gasteiger partial charge in [0.2, 0.25) is 9.04 Å². The maximum absolute atomic E-state index is 5.34. The molecule has 0 aliphatic heterocycles. The summed E-state index contributed by atoms with van der Waals surface area (Å²) in [7, 11) is -0.482. The normalized spacial score (nSPS) is 10.3. The second-order valence-electron chi connectivity index (χ2n) is 1.45. The van der Waals surface area contributed by atoms with Crippen molar-refractivity contribution in [2.45, 2.75) is 13.1 Å². The second kappa shape index (κ2) is 4.62. The standard InChI is InChI=1S/C4H10ClOSi/c1-7(2)6-4-3-5/h3-4H2,1-2H3. The first kappa shape index (κ1) is 7.47. The number of hydrogen-bond donors (Lipinski definition) is 0. The third kappa shape index (κ3) is 6.47. The zero-order valence-electron chi connectivity index (χ0n) is 4.70. The van der Waals surface area contributed by atoms with Gasteiger partial charge >= 0.3 is 0 Å². The van der Waals surface area contributed by atoms with E-state index in [0.29, 0.717) is 12.5 Å². The van der Waals surface area contributed by atoms with Crippen LogP contribution in [-0.2, 0) is 4.43 Å². The lowest BCUT2D eigenvalue weighted by atomic mass is 10.9. The van der Waals surface area contributed by atoms with Crippen LogP contribution in [0, 0.1) is 0 Å². The Morgan fingerprint density at radius 1 is 1.57 bits per heavy atom. The predicted molar refractivity (Wildman–Crippen MR) is 34.2 cm³/mol. The summed E-state index contributed by atoms with van der Waals surface area (Å²) >= 11 is 5.34. The molecule has 43 valence electrons. The van der Waals surface area contributed by atoms with Crippen LogP contribution in [0.4, 0.5) is 0 Å². The number of alkyl halides is 1. The van der Waals surface area contributed by atoms with E-state index in [1.807, 2.05) is 0 Å². The summed E-state index contributed by atoms with van der Waals surface area (Å²) in [5.74, 6) is 0.621. The summed E-state index contributed by atoms with van der Waals surface area (Å²) in [5, 5.41) is 0. The van der Waals surface area contributed by atoms with Gasteiger partial charge in [0.25, 0.3) is 0 Å². The van der Waals surface area contributed by atoms with Crippen LogP contribution >= 0.6 is 11.6 Å². The maximum atomic E-state index is 5.34. The first-order chi connectivity index (χ1) is 3.27. The van der Waals surface area contributed by atoms with Gasteiger partial charge in [-0.15, -0.1) is 11.6 Å². The highest BCUT2D eigenvalue weighted by Crippen LogP contribution is 1.83. The third-order valence-corrected chi connectivity index (χ3v) is 1.40. The van der Waals surface area contributed by atoms with E-state index in [-0.39, 0.29) is 0 Å². The lowest BCUT2D eigenvalue weighted by molar-refractivity contribution is 0.353. The molecule has 0 spiro atoms. The highest BCUT2D eigenvalue weighted by atomic mass is 35.5. The molecule has 0 unspecified atom stereocenters. The quantitative estimate of drug-likeness (QED) is 0.423. The molecule has 1 radical (unpaired) electrons. The van der Waals surface area contributed by atoms with Crippen LogP contribution in [-0.4, -0.2) is 21.5 Å². The molecule has 0 aromatic carbocycles. The molecule has 0 aliphatic rings. The summed E-state index contributed by atoms with van der Waals surface area (Å²) in [4.78, 5) is 0. The third-order valence-electron chi connectivity index (χ3n) is 0.468. The average Bonchev–Trinajstić information content (AvgIpc) is 1.61. The summed E-state index contributed by atoms with van der Waals surface area (Å²) < 4.78 is 5.16. The van der Waals surface area contributed by atoms with Crippen LogP contribution in [0.2, 0.25) is 13.1 Å². The first-order valence-electron chi connectivity index (χ1n) is 2.26. The Kier molecular flexibility index (Phi) is 4.93. The van der Waals surface area contributed by atoms with Gasteiger partial charge in [-0.2, -0.15) is 0 Å². The molecule has 0 saturated heterocycles. The Labute approximate surface area is 51.4 Å². The number of hydrogen-bond acceptors (Lipinski definition) is 1. The van der Waals surface area contributed by atoms with Gasteiger partial charge in [-0.3, -0.25) is 0 Å². The van der Waals surface area contributed by atoms with Gasteiger partial charge in [0.05, 0.1) is 0 Å². The Balaban J connectivity index is 2.68. The molecule has 0 bridgehead atoms. The molecule has 0 fully saturated rings. The van der Waals surface area contributed by atoms with Crippen LogP contribution in [0.3, 0.4) is 0 Å². The molecule has 0 aromatic rings. The van der Waals surface area contributed by atoms with Crippen molar-refractivity contribution in [3.63, 3.8) is 0 Å². The van der Waals surface area contributed by atoms with Gasteiger partial charge in [0.15, 0.2) is 0 Å². The van der Waals surface area contributed by atoms with Gasteiger partial charge in [0.1, 0.15) is 0 Å². The first-order valence-corrected chi connectivity index (χ1v) is 5.20. The van der Waals surface area contributed by atoms with Crippen molar-refractivity contribution in [2.24, 2.45) is 0 Å². The molecule has 0 N–H and O–H groups in total. The van der Waals surface area contributed by atoms with Crippen LogP contribution in [0.25, 0.3) is 0 Å². The lowest BCUT2D eigenvalue weighted by Crippen LogP contribution is -2.08. The van der Waals surface area contributed by atoms with Crippen molar-refractivity contribution in [1.29, 1.82) is 0 Å². The van der Waals surface area contributed by atoms with Gasteiger partial charge in [-0.1, -0.05) is 0 Å². The zero-order chi connectivity index (χ0) is 5.70. The van der Waals surface area contributed by atoms with Crippen molar-refractivity contribution in [1.82, 2.24) is 0 Å². The molecule has 0 aromatic heterocycles. The van der Waals surface area contributed by atoms with E-state index in [9.17, 15) is 0 Å². The summed E-state index contributed by atoms with van der Waals surface area (Å²) in [6, 6.07) is 0. The van der Waals surface area contributed by atoms with Crippen molar-refractivity contribution < 1.29 is 4.43 Å². The van der Waals surface area contributed by atoms with Gasteiger partial charge in [-0.25, -0.2) is 0 Å². The van der Waals surface area contributed by atoms with Crippen LogP contribution in [0.1, 0.15) is 0 Å². The Morgan fingerprint density at radius 2 is 2.14 bits per heavy atom. The number of halogens is 1. The molecule has 1 nitrogen and oxygen atoms in total. The van der Waals surface area contributed by atoms with Crippen molar-refractivity contribution in [3.8, 4) is 0 Å². The van der Waals surface area contributed by atoms with Gasteiger partial charge < -0.3 is 4.43 Å². The molecule has 0 rings (SSSR count). The molecular weight excluding hydrogens is 128 g/mol. The predicted octanol–water partition coefficient (Wildman–Crippen LogP) is 1.49. The van der Waals surface area contributed by atoms with Crippen molar-refractivity contribution in [2.75, 3.05) is 12.5 Å². The summed E-state index contributed by atoms with van der Waals surface area (Å²) in [6.07, 6.45) is 0. The highest BCUT2D eigenvalue weighted by molar-refractivity contribution is 6.48. The van der Waals surface area contributed by atoms with Gasteiger partial charge in [0, 0.05) is 12.5 Å². The Bertz CT molecular complexity index is 40.7. The number of rotatable bonds is 3. The van der Waals surface area contributed by atoms with Crippen molar-refractivity contribution >= 4 is 20.6 Å². The summed E-state index contributed by atoms with van der Waals surface area (Å²) in [5.41, 5.74) is 0. The lowest BCUT2D eigenvalue weighted by Gasteiger charge is -1.99. The summed E-state index contributed by atoms with van der Waals surface area (Å²) in [6.45, 7) is 4.90. The SMILES string of the molecule is C[Si](C)OCCCl. The molecule has 0 amide bonds. The van der Waals surface area contributed by atoms with E-state index in [4.69, 9.17) is 16.0 Å². The molecule has 7 heavy (non-hydrogen) atoms. The van der Waals surface area contributed by atoms with Crippen LogP contribution in [0.5, 0.6) is 0 Å². The fourth-order valence-corrected chi connectivity index (χ4v) is 0.960. The highest BCUT2D eigenvalue weighted by Gasteiger charge is 1.92. The molecule has 0 atom stereocenters. The van der Waals surface area contributed by atoms with E-state index in [2.05, 4.69) is 13.1 Å². The molecular formula is C4H10ClOSi. The molecule has 0 heterocycles. The Hall–Kier alpha value is 0.467. The zero-order valence-corrected chi connectivity index (χ0v) is 6.46. The van der Waals surface area contributed by atoms with E-state index >= 15 is 0 Å². The van der Waals surface area contributed by atoms with E-state index in [0.717, 1.165) is 0 Å². The monoisotopic (exact) mass is 137 g/mol. The largest absolute Gasteiger partial charge is 0.416 e. The molecule has 3 heteroatoms. The van der Waals surface area contributed by atoms with Crippen LogP contribution < -0.4 is 0 Å². The average molecular weight is 138 g/mol. The van der Waals surface area contributed by atoms with E-state index < -0.39 is 9.04 Å². The minimum Gasteiger partial charge on any atom is -0.416 e. The van der Waals surface area contributed by atoms with Crippen molar-refractivity contribution in [3.05, 3.63) is 0 Å². The maximum Gasteiger partial charge on any atom is 0.204 e. The Morgan fingerprint density at radius 3 is 2.29 bits per heavy atom. The van der Waals surface area contributed by atoms with E-state index in [1.54, 1.807) is 0 Å². The van der Waals surface area contributed by atoms with Gasteiger partial charge in [-0.05, 0) is 13.1 Å². The molecule has 0 aliphatic carbocycles. The second-order valence-corrected chi connectivity index (χ2v) is 3.93. The fraction of sp³-hybridized carbons (Fsp3) is 1.00. The minimum absolute atomic E-state index is 0.482. The van der Waals surface area contributed by atoms with E-state index in [1.165, 1.54) is 0 Å². The molecule has 0 saturated carbocycles. The topological polar surface area (TPSA) is 9.23 Å². The fourth-order valence-electron chi connectivity index (χ4n) is 0.243. The smallest absolute Gasteiger partial charge is 0.204 e. The van der Waals surface area contributed by atoms with Crippen LogP contribution in [0.15, 0.2) is 0 Å².